The van der Waals surface area contributed by atoms with E-state index in [0.717, 1.165) is 22.2 Å². The van der Waals surface area contributed by atoms with Gasteiger partial charge in [0.1, 0.15) is 0 Å². The average molecular weight is 306 g/mol. The highest BCUT2D eigenvalue weighted by Crippen LogP contribution is 2.22. The van der Waals surface area contributed by atoms with Crippen LogP contribution in [-0.4, -0.2) is 16.3 Å². The molecule has 1 heterocycles. The SMILES string of the molecule is S=C(N/N=C/c1ccccn1)Nc1cccc2ccccc12. The Morgan fingerprint density at radius 2 is 1.82 bits per heavy atom. The molecule has 0 amide bonds. The second kappa shape index (κ2) is 6.78. The van der Waals surface area contributed by atoms with Crippen molar-refractivity contribution in [1.82, 2.24) is 10.4 Å². The fourth-order valence-corrected chi connectivity index (χ4v) is 2.26. The van der Waals surface area contributed by atoms with Crippen molar-refractivity contribution in [2.75, 3.05) is 5.32 Å². The molecular formula is C17H14N4S. The molecule has 0 saturated carbocycles. The predicted octanol–water partition coefficient (Wildman–Crippen LogP) is 3.56. The molecule has 22 heavy (non-hydrogen) atoms. The van der Waals surface area contributed by atoms with Gasteiger partial charge in [-0.05, 0) is 35.8 Å². The molecule has 0 bridgehead atoms. The fraction of sp³-hybridized carbons (Fsp3) is 0. The van der Waals surface area contributed by atoms with E-state index in [9.17, 15) is 0 Å². The molecule has 108 valence electrons. The van der Waals surface area contributed by atoms with Crippen molar-refractivity contribution in [3.05, 3.63) is 72.6 Å². The molecule has 0 spiro atoms. The van der Waals surface area contributed by atoms with Gasteiger partial charge in [-0.15, -0.1) is 0 Å². The number of fused-ring (bicyclic) bond motifs is 1. The van der Waals surface area contributed by atoms with Crippen molar-refractivity contribution in [3.8, 4) is 0 Å². The van der Waals surface area contributed by atoms with Gasteiger partial charge in [0.05, 0.1) is 11.9 Å². The molecule has 4 nitrogen and oxygen atoms in total. The van der Waals surface area contributed by atoms with Crippen molar-refractivity contribution in [2.45, 2.75) is 0 Å². The zero-order chi connectivity index (χ0) is 15.2. The highest BCUT2D eigenvalue weighted by atomic mass is 32.1. The Bertz CT molecular complexity index is 810. The standard InChI is InChI=1S/C17H14N4S/c22-17(21-19-12-14-8-3-4-11-18-14)20-16-10-5-7-13-6-1-2-9-15(13)16/h1-12H,(H2,20,21,22)/b19-12+. The van der Waals surface area contributed by atoms with Crippen LogP contribution in [0.3, 0.4) is 0 Å². The van der Waals surface area contributed by atoms with Gasteiger partial charge < -0.3 is 5.32 Å². The molecule has 0 aliphatic carbocycles. The quantitative estimate of drug-likeness (QED) is 0.441. The summed E-state index contributed by atoms with van der Waals surface area (Å²) < 4.78 is 0. The van der Waals surface area contributed by atoms with Crippen molar-refractivity contribution in [1.29, 1.82) is 0 Å². The number of thiocarbonyl (C=S) groups is 1. The van der Waals surface area contributed by atoms with E-state index in [2.05, 4.69) is 39.0 Å². The Balaban J connectivity index is 1.67. The monoisotopic (exact) mass is 306 g/mol. The zero-order valence-electron chi connectivity index (χ0n) is 11.7. The Hall–Kier alpha value is -2.79. The van der Waals surface area contributed by atoms with Gasteiger partial charge in [-0.2, -0.15) is 5.10 Å². The second-order valence-corrected chi connectivity index (χ2v) is 5.01. The molecule has 0 saturated heterocycles. The minimum atomic E-state index is 0.434. The normalized spacial score (nSPS) is 10.7. The molecule has 5 heteroatoms. The Kier molecular flexibility index (Phi) is 4.36. The molecule has 3 rings (SSSR count). The van der Waals surface area contributed by atoms with Crippen molar-refractivity contribution in [3.63, 3.8) is 0 Å². The number of hydrazone groups is 1. The molecular weight excluding hydrogens is 292 g/mol. The number of anilines is 1. The van der Waals surface area contributed by atoms with E-state index in [4.69, 9.17) is 12.2 Å². The number of aromatic nitrogens is 1. The van der Waals surface area contributed by atoms with Gasteiger partial charge in [-0.1, -0.05) is 42.5 Å². The van der Waals surface area contributed by atoms with Gasteiger partial charge in [-0.25, -0.2) is 0 Å². The van der Waals surface area contributed by atoms with Crippen LogP contribution in [0.25, 0.3) is 10.8 Å². The van der Waals surface area contributed by atoms with Crippen LogP contribution >= 0.6 is 12.2 Å². The Morgan fingerprint density at radius 1 is 1.00 bits per heavy atom. The van der Waals surface area contributed by atoms with Crippen molar-refractivity contribution in [2.24, 2.45) is 5.10 Å². The topological polar surface area (TPSA) is 49.3 Å². The number of hydrogen-bond acceptors (Lipinski definition) is 3. The van der Waals surface area contributed by atoms with Crippen LogP contribution in [0, 0.1) is 0 Å². The molecule has 0 unspecified atom stereocenters. The first-order valence-electron chi connectivity index (χ1n) is 6.82. The number of nitrogens with one attached hydrogen (secondary N) is 2. The molecule has 3 aromatic rings. The lowest BCUT2D eigenvalue weighted by Crippen LogP contribution is -2.24. The van der Waals surface area contributed by atoms with Gasteiger partial charge in [0, 0.05) is 17.3 Å². The predicted molar refractivity (Wildman–Crippen MR) is 95.1 cm³/mol. The first-order valence-corrected chi connectivity index (χ1v) is 7.22. The summed E-state index contributed by atoms with van der Waals surface area (Å²) in [6, 6.07) is 19.8. The number of hydrogen-bond donors (Lipinski definition) is 2. The van der Waals surface area contributed by atoms with E-state index in [1.54, 1.807) is 12.4 Å². The highest BCUT2D eigenvalue weighted by molar-refractivity contribution is 7.80. The summed E-state index contributed by atoms with van der Waals surface area (Å²) in [6.45, 7) is 0. The lowest BCUT2D eigenvalue weighted by Gasteiger charge is -2.09. The van der Waals surface area contributed by atoms with Crippen LogP contribution in [0.5, 0.6) is 0 Å². The summed E-state index contributed by atoms with van der Waals surface area (Å²) in [5.74, 6) is 0. The minimum absolute atomic E-state index is 0.434. The summed E-state index contributed by atoms with van der Waals surface area (Å²) in [5.41, 5.74) is 4.51. The van der Waals surface area contributed by atoms with Gasteiger partial charge in [0.2, 0.25) is 0 Å². The summed E-state index contributed by atoms with van der Waals surface area (Å²) in [7, 11) is 0. The maximum Gasteiger partial charge on any atom is 0.191 e. The lowest BCUT2D eigenvalue weighted by molar-refractivity contribution is 1.05. The lowest BCUT2D eigenvalue weighted by atomic mass is 10.1. The van der Waals surface area contributed by atoms with E-state index in [1.807, 2.05) is 42.5 Å². The summed E-state index contributed by atoms with van der Waals surface area (Å²) in [6.07, 6.45) is 3.34. The minimum Gasteiger partial charge on any atom is -0.331 e. The van der Waals surface area contributed by atoms with Gasteiger partial charge in [-0.3, -0.25) is 10.4 Å². The largest absolute Gasteiger partial charge is 0.331 e. The van der Waals surface area contributed by atoms with Crippen LogP contribution in [0.2, 0.25) is 0 Å². The molecule has 0 atom stereocenters. The van der Waals surface area contributed by atoms with Crippen LogP contribution in [0.4, 0.5) is 5.69 Å². The molecule has 1 aromatic heterocycles. The Labute approximate surface area is 133 Å². The van der Waals surface area contributed by atoms with Gasteiger partial charge in [0.15, 0.2) is 5.11 Å². The third-order valence-electron chi connectivity index (χ3n) is 3.09. The third-order valence-corrected chi connectivity index (χ3v) is 3.28. The van der Waals surface area contributed by atoms with Gasteiger partial charge >= 0.3 is 0 Å². The first kappa shape index (κ1) is 14.2. The highest BCUT2D eigenvalue weighted by Gasteiger charge is 2.01. The van der Waals surface area contributed by atoms with Crippen molar-refractivity contribution < 1.29 is 0 Å². The van der Waals surface area contributed by atoms with E-state index >= 15 is 0 Å². The number of rotatable bonds is 3. The van der Waals surface area contributed by atoms with E-state index < -0.39 is 0 Å². The number of nitrogens with zero attached hydrogens (tertiary/aromatic N) is 2. The smallest absolute Gasteiger partial charge is 0.191 e. The van der Waals surface area contributed by atoms with E-state index in [-0.39, 0.29) is 0 Å². The Morgan fingerprint density at radius 3 is 2.68 bits per heavy atom. The molecule has 0 aliphatic heterocycles. The molecule has 0 fully saturated rings. The summed E-state index contributed by atoms with van der Waals surface area (Å²) in [5, 5.41) is 9.94. The third kappa shape index (κ3) is 3.45. The zero-order valence-corrected chi connectivity index (χ0v) is 12.5. The number of pyridine rings is 1. The average Bonchev–Trinajstić information content (AvgIpc) is 2.56. The van der Waals surface area contributed by atoms with Crippen LogP contribution < -0.4 is 10.7 Å². The second-order valence-electron chi connectivity index (χ2n) is 4.61. The summed E-state index contributed by atoms with van der Waals surface area (Å²) >= 11 is 5.26. The molecule has 0 aliphatic rings. The van der Waals surface area contributed by atoms with Gasteiger partial charge in [0.25, 0.3) is 0 Å². The molecule has 0 radical (unpaired) electrons. The fourth-order valence-electron chi connectivity index (χ4n) is 2.09. The maximum absolute atomic E-state index is 5.26. The first-order chi connectivity index (χ1) is 10.8. The molecule has 2 aromatic carbocycles. The van der Waals surface area contributed by atoms with Crippen LogP contribution in [0.15, 0.2) is 72.0 Å². The number of benzene rings is 2. The summed E-state index contributed by atoms with van der Waals surface area (Å²) in [4.78, 5) is 4.15. The maximum atomic E-state index is 5.26. The molecule has 2 N–H and O–H groups in total. The van der Waals surface area contributed by atoms with E-state index in [0.29, 0.717) is 5.11 Å². The van der Waals surface area contributed by atoms with Crippen molar-refractivity contribution >= 4 is 40.0 Å². The van der Waals surface area contributed by atoms with Crippen LogP contribution in [0.1, 0.15) is 5.69 Å². The van der Waals surface area contributed by atoms with Crippen LogP contribution in [-0.2, 0) is 0 Å². The van der Waals surface area contributed by atoms with E-state index in [1.165, 1.54) is 0 Å².